The largest absolute Gasteiger partial charge is 0.354 e. The number of nitrogens with one attached hydrogen (secondary N) is 1. The van der Waals surface area contributed by atoms with Crippen molar-refractivity contribution in [2.45, 2.75) is 31.7 Å². The third-order valence-electron chi connectivity index (χ3n) is 3.46. The normalized spacial score (nSPS) is 19.7. The molecule has 19 heavy (non-hydrogen) atoms. The monoisotopic (exact) mass is 278 g/mol. The van der Waals surface area contributed by atoms with E-state index in [9.17, 15) is 4.79 Å². The molecule has 1 saturated heterocycles. The molecular weight excluding hydrogens is 264 g/mol. The molecule has 1 aliphatic heterocycles. The molecule has 2 aromatic heterocycles. The Morgan fingerprint density at radius 1 is 1.58 bits per heavy atom. The summed E-state index contributed by atoms with van der Waals surface area (Å²) in [6, 6.07) is 2.20. The lowest BCUT2D eigenvalue weighted by molar-refractivity contribution is -0.122. The van der Waals surface area contributed by atoms with Gasteiger partial charge >= 0.3 is 0 Å². The van der Waals surface area contributed by atoms with Crippen molar-refractivity contribution in [3.05, 3.63) is 23.7 Å². The number of rotatable bonds is 2. The molecule has 3 heterocycles. The Hall–Kier alpha value is -1.62. The van der Waals surface area contributed by atoms with Gasteiger partial charge in [0.05, 0.1) is 11.9 Å². The first-order valence-corrected chi connectivity index (χ1v) is 6.88. The Bertz CT molecular complexity index is 627. The van der Waals surface area contributed by atoms with Crippen LogP contribution in [0.1, 0.15) is 30.3 Å². The van der Waals surface area contributed by atoms with E-state index in [1.807, 2.05) is 19.2 Å². The van der Waals surface area contributed by atoms with Gasteiger partial charge in [-0.2, -0.15) is 0 Å². The highest BCUT2D eigenvalue weighted by Crippen LogP contribution is 2.25. The average molecular weight is 279 g/mol. The molecule has 0 spiro atoms. The molecule has 1 N–H and O–H groups in total. The number of imidazole rings is 1. The van der Waals surface area contributed by atoms with Crippen LogP contribution in [0.4, 0.5) is 0 Å². The summed E-state index contributed by atoms with van der Waals surface area (Å²) in [5, 5.41) is 2.89. The third kappa shape index (κ3) is 2.18. The highest BCUT2D eigenvalue weighted by atomic mass is 35.5. The molecule has 0 aromatic carbocycles. The number of alkyl halides is 1. The predicted octanol–water partition coefficient (Wildman–Crippen LogP) is 1.93. The Labute approximate surface area is 116 Å². The summed E-state index contributed by atoms with van der Waals surface area (Å²) in [4.78, 5) is 20.3. The summed E-state index contributed by atoms with van der Waals surface area (Å²) in [7, 11) is 0. The van der Waals surface area contributed by atoms with Crippen LogP contribution >= 0.6 is 11.6 Å². The first kappa shape index (κ1) is 12.4. The highest BCUT2D eigenvalue weighted by molar-refractivity contribution is 6.16. The first-order valence-electron chi connectivity index (χ1n) is 6.35. The zero-order valence-corrected chi connectivity index (χ0v) is 11.4. The fourth-order valence-corrected chi connectivity index (χ4v) is 2.74. The van der Waals surface area contributed by atoms with E-state index in [1.54, 1.807) is 0 Å². The van der Waals surface area contributed by atoms with E-state index in [2.05, 4.69) is 19.9 Å². The molecule has 0 aliphatic carbocycles. The van der Waals surface area contributed by atoms with Crippen molar-refractivity contribution in [1.29, 1.82) is 0 Å². The van der Waals surface area contributed by atoms with Gasteiger partial charge in [0, 0.05) is 19.2 Å². The van der Waals surface area contributed by atoms with Gasteiger partial charge < -0.3 is 9.88 Å². The van der Waals surface area contributed by atoms with E-state index in [1.165, 1.54) is 0 Å². The Morgan fingerprint density at radius 3 is 3.11 bits per heavy atom. The molecule has 6 heteroatoms. The number of hydrogen-bond acceptors (Lipinski definition) is 3. The van der Waals surface area contributed by atoms with E-state index in [0.717, 1.165) is 29.0 Å². The van der Waals surface area contributed by atoms with Crippen LogP contribution in [0, 0.1) is 6.92 Å². The number of carbonyl (C=O) groups excluding carboxylic acids is 1. The first-order chi connectivity index (χ1) is 9.19. The van der Waals surface area contributed by atoms with Crippen molar-refractivity contribution < 1.29 is 4.79 Å². The third-order valence-corrected chi connectivity index (χ3v) is 3.70. The molecular formula is C13H15ClN4O. The smallest absolute Gasteiger partial charge is 0.220 e. The van der Waals surface area contributed by atoms with Gasteiger partial charge in [0.15, 0.2) is 5.65 Å². The minimum Gasteiger partial charge on any atom is -0.354 e. The van der Waals surface area contributed by atoms with Crippen LogP contribution in [0.15, 0.2) is 12.3 Å². The summed E-state index contributed by atoms with van der Waals surface area (Å²) in [6.45, 7) is 2.61. The number of aromatic nitrogens is 3. The van der Waals surface area contributed by atoms with Gasteiger partial charge in [0.2, 0.25) is 5.91 Å². The van der Waals surface area contributed by atoms with Crippen LogP contribution in [0.5, 0.6) is 0 Å². The number of amides is 1. The summed E-state index contributed by atoms with van der Waals surface area (Å²) < 4.78 is 2.07. The van der Waals surface area contributed by atoms with Crippen LogP contribution in [-0.4, -0.2) is 27.0 Å². The number of nitrogens with zero attached hydrogens (tertiary/aromatic N) is 3. The van der Waals surface area contributed by atoms with Crippen molar-refractivity contribution in [2.24, 2.45) is 0 Å². The van der Waals surface area contributed by atoms with Crippen LogP contribution in [0.3, 0.4) is 0 Å². The molecule has 1 atom stereocenters. The van der Waals surface area contributed by atoms with Crippen molar-refractivity contribution in [2.75, 3.05) is 6.54 Å². The summed E-state index contributed by atoms with van der Waals surface area (Å²) in [5.74, 6) is 1.27. The fraction of sp³-hybridized carbons (Fsp3) is 0.462. The number of carbonyl (C=O) groups is 1. The van der Waals surface area contributed by atoms with Crippen molar-refractivity contribution >= 4 is 28.7 Å². The molecule has 0 bridgehead atoms. The van der Waals surface area contributed by atoms with Crippen molar-refractivity contribution in [1.82, 2.24) is 19.9 Å². The molecule has 0 radical (unpaired) electrons. The number of halogens is 1. The van der Waals surface area contributed by atoms with Gasteiger partial charge in [0.1, 0.15) is 11.3 Å². The topological polar surface area (TPSA) is 59.8 Å². The molecule has 0 saturated carbocycles. The summed E-state index contributed by atoms with van der Waals surface area (Å²) in [6.07, 6.45) is 3.18. The summed E-state index contributed by atoms with van der Waals surface area (Å²) in [5.41, 5.74) is 2.80. The second-order valence-corrected chi connectivity index (χ2v) is 5.15. The lowest BCUT2D eigenvalue weighted by Crippen LogP contribution is -2.36. The number of hydrogen-bond donors (Lipinski definition) is 1. The second kappa shape index (κ2) is 4.81. The van der Waals surface area contributed by atoms with E-state index in [0.29, 0.717) is 18.8 Å². The lowest BCUT2D eigenvalue weighted by atomic mass is 10.1. The van der Waals surface area contributed by atoms with E-state index in [4.69, 9.17) is 11.6 Å². The molecule has 100 valence electrons. The number of pyridine rings is 1. The molecule has 5 nitrogen and oxygen atoms in total. The minimum atomic E-state index is 0.108. The zero-order valence-electron chi connectivity index (χ0n) is 10.7. The van der Waals surface area contributed by atoms with Gasteiger partial charge in [-0.1, -0.05) is 0 Å². The standard InChI is InChI=1S/C13H15ClN4O/c1-8-4-10-13(16-6-8)18(11(5-14)17-10)9-2-3-12(19)15-7-9/h4,6,9H,2-3,5,7H2,1H3,(H,15,19). The molecule has 1 aliphatic rings. The van der Waals surface area contributed by atoms with Crippen LogP contribution in [0.25, 0.3) is 11.2 Å². The second-order valence-electron chi connectivity index (χ2n) is 4.88. The highest BCUT2D eigenvalue weighted by Gasteiger charge is 2.24. The van der Waals surface area contributed by atoms with Crippen LogP contribution < -0.4 is 5.32 Å². The molecule has 1 fully saturated rings. The van der Waals surface area contributed by atoms with Gasteiger partial charge in [-0.15, -0.1) is 11.6 Å². The number of fused-ring (bicyclic) bond motifs is 1. The maximum Gasteiger partial charge on any atom is 0.220 e. The molecule has 1 unspecified atom stereocenters. The van der Waals surface area contributed by atoms with Crippen molar-refractivity contribution in [3.63, 3.8) is 0 Å². The maximum atomic E-state index is 11.3. The maximum absolute atomic E-state index is 11.3. The summed E-state index contributed by atoms with van der Waals surface area (Å²) >= 11 is 5.99. The van der Waals surface area contributed by atoms with Gasteiger partial charge in [0.25, 0.3) is 0 Å². The van der Waals surface area contributed by atoms with Crippen LogP contribution in [0.2, 0.25) is 0 Å². The van der Waals surface area contributed by atoms with Crippen molar-refractivity contribution in [3.8, 4) is 0 Å². The molecule has 2 aromatic rings. The Balaban J connectivity index is 2.08. The Kier molecular flexibility index (Phi) is 3.14. The van der Waals surface area contributed by atoms with Gasteiger partial charge in [-0.3, -0.25) is 4.79 Å². The number of piperidine rings is 1. The van der Waals surface area contributed by atoms with Gasteiger partial charge in [-0.05, 0) is 25.0 Å². The molecule has 3 rings (SSSR count). The zero-order chi connectivity index (χ0) is 13.4. The van der Waals surface area contributed by atoms with Crippen LogP contribution in [-0.2, 0) is 10.7 Å². The van der Waals surface area contributed by atoms with E-state index >= 15 is 0 Å². The lowest BCUT2D eigenvalue weighted by Gasteiger charge is -2.25. The average Bonchev–Trinajstić information content (AvgIpc) is 2.77. The minimum absolute atomic E-state index is 0.108. The predicted molar refractivity (Wildman–Crippen MR) is 73.1 cm³/mol. The quantitative estimate of drug-likeness (QED) is 0.854. The Morgan fingerprint density at radius 2 is 2.42 bits per heavy atom. The SMILES string of the molecule is Cc1cnc2c(c1)nc(CCl)n2C1CCC(=O)NC1. The molecule has 1 amide bonds. The fourth-order valence-electron chi connectivity index (χ4n) is 2.55. The number of aryl methyl sites for hydroxylation is 1. The van der Waals surface area contributed by atoms with Gasteiger partial charge in [-0.25, -0.2) is 9.97 Å². The van der Waals surface area contributed by atoms with E-state index < -0.39 is 0 Å². The van der Waals surface area contributed by atoms with E-state index in [-0.39, 0.29) is 11.9 Å².